The predicted octanol–water partition coefficient (Wildman–Crippen LogP) is 22.4. The maximum atomic E-state index is 12.5. The van der Waals surface area contributed by atoms with Gasteiger partial charge in [-0.15, -0.1) is 0 Å². The monoisotopic (exact) mass is 1070 g/mol. The zero-order chi connectivity index (χ0) is 55.0. The molecule has 0 saturated carbocycles. The highest BCUT2D eigenvalue weighted by molar-refractivity contribution is 5.76. The number of rotatable bonds is 66. The van der Waals surface area contributed by atoms with Crippen LogP contribution in [-0.4, -0.2) is 47.4 Å². The molecular formula is C70H137NO5. The number of nitrogens with one attached hydrogen (secondary N) is 1. The summed E-state index contributed by atoms with van der Waals surface area (Å²) in [5.41, 5.74) is 0. The van der Waals surface area contributed by atoms with Crippen molar-refractivity contribution >= 4 is 11.9 Å². The van der Waals surface area contributed by atoms with Crippen LogP contribution in [0.4, 0.5) is 0 Å². The Labute approximate surface area is 476 Å². The fraction of sp³-hybridized carbons (Fsp3) is 0.943. The summed E-state index contributed by atoms with van der Waals surface area (Å²) in [7, 11) is 0. The smallest absolute Gasteiger partial charge is 0.305 e. The zero-order valence-electron chi connectivity index (χ0n) is 51.8. The van der Waals surface area contributed by atoms with E-state index >= 15 is 0 Å². The van der Waals surface area contributed by atoms with E-state index in [1.807, 2.05) is 0 Å². The van der Waals surface area contributed by atoms with E-state index in [1.54, 1.807) is 0 Å². The van der Waals surface area contributed by atoms with Gasteiger partial charge in [-0.3, -0.25) is 9.59 Å². The Morgan fingerprint density at radius 3 is 0.934 bits per heavy atom. The van der Waals surface area contributed by atoms with Gasteiger partial charge in [0.15, 0.2) is 0 Å². The molecular weight excluding hydrogens is 935 g/mol. The minimum atomic E-state index is -0.660. The van der Waals surface area contributed by atoms with Crippen LogP contribution in [0, 0.1) is 0 Å². The van der Waals surface area contributed by atoms with Crippen molar-refractivity contribution < 1.29 is 24.5 Å². The second-order valence-corrected chi connectivity index (χ2v) is 24.2. The average Bonchev–Trinajstić information content (AvgIpc) is 3.42. The van der Waals surface area contributed by atoms with Gasteiger partial charge in [0.05, 0.1) is 25.4 Å². The van der Waals surface area contributed by atoms with Crippen LogP contribution in [0.3, 0.4) is 0 Å². The lowest BCUT2D eigenvalue weighted by Gasteiger charge is -2.22. The largest absolute Gasteiger partial charge is 0.466 e. The van der Waals surface area contributed by atoms with Crippen LogP contribution in [0.1, 0.15) is 399 Å². The number of hydrogen-bond acceptors (Lipinski definition) is 5. The minimum absolute atomic E-state index is 0.0124. The summed E-state index contributed by atoms with van der Waals surface area (Å²) < 4.78 is 5.49. The van der Waals surface area contributed by atoms with E-state index in [0.29, 0.717) is 25.9 Å². The van der Waals surface area contributed by atoms with Crippen molar-refractivity contribution in [2.24, 2.45) is 0 Å². The molecule has 0 spiro atoms. The molecule has 2 unspecified atom stereocenters. The van der Waals surface area contributed by atoms with Gasteiger partial charge in [-0.1, -0.05) is 347 Å². The second kappa shape index (κ2) is 66.1. The van der Waals surface area contributed by atoms with Crippen molar-refractivity contribution in [3.8, 4) is 0 Å². The van der Waals surface area contributed by atoms with Crippen molar-refractivity contribution in [1.29, 1.82) is 0 Å². The lowest BCUT2D eigenvalue weighted by atomic mass is 10.0. The summed E-state index contributed by atoms with van der Waals surface area (Å²) in [6, 6.07) is -0.537. The van der Waals surface area contributed by atoms with Crippen LogP contribution in [0.15, 0.2) is 12.2 Å². The summed E-state index contributed by atoms with van der Waals surface area (Å²) >= 11 is 0. The molecule has 0 bridgehead atoms. The zero-order valence-corrected chi connectivity index (χ0v) is 51.8. The molecule has 6 heteroatoms. The van der Waals surface area contributed by atoms with Gasteiger partial charge in [0, 0.05) is 12.8 Å². The Bertz CT molecular complexity index is 1140. The topological polar surface area (TPSA) is 95.9 Å². The number of ether oxygens (including phenoxy) is 1. The van der Waals surface area contributed by atoms with E-state index < -0.39 is 12.1 Å². The molecule has 76 heavy (non-hydrogen) atoms. The first-order chi connectivity index (χ1) is 37.5. The molecule has 0 fully saturated rings. The first-order valence-corrected chi connectivity index (χ1v) is 34.9. The number of aliphatic hydroxyl groups excluding tert-OH is 2. The van der Waals surface area contributed by atoms with Gasteiger partial charge in [0.25, 0.3) is 0 Å². The maximum Gasteiger partial charge on any atom is 0.305 e. The summed E-state index contributed by atoms with van der Waals surface area (Å²) in [5.74, 6) is -0.0155. The summed E-state index contributed by atoms with van der Waals surface area (Å²) in [4.78, 5) is 24.6. The third kappa shape index (κ3) is 61.8. The van der Waals surface area contributed by atoms with Gasteiger partial charge in [0.1, 0.15) is 0 Å². The Hall–Kier alpha value is -1.40. The van der Waals surface area contributed by atoms with Gasteiger partial charge in [-0.25, -0.2) is 0 Å². The van der Waals surface area contributed by atoms with Crippen LogP contribution in [0.2, 0.25) is 0 Å². The summed E-state index contributed by atoms with van der Waals surface area (Å²) in [6.07, 6.45) is 81.2. The summed E-state index contributed by atoms with van der Waals surface area (Å²) in [6.45, 7) is 4.98. The SMILES string of the molecule is CCCCCCC/C=C\CCCCCCCC(=O)OCCCCCCCCCCCCCCCCCCCCCCCCCCCCCCCCC(=O)NC(CO)C(O)CCCCCCCCCCCCCCCCC. The van der Waals surface area contributed by atoms with E-state index in [0.717, 1.165) is 44.9 Å². The maximum absolute atomic E-state index is 12.5. The van der Waals surface area contributed by atoms with Crippen molar-refractivity contribution in [1.82, 2.24) is 5.32 Å². The van der Waals surface area contributed by atoms with E-state index in [1.165, 1.54) is 321 Å². The van der Waals surface area contributed by atoms with Crippen LogP contribution >= 0.6 is 0 Å². The van der Waals surface area contributed by atoms with Crippen LogP contribution in [0.5, 0.6) is 0 Å². The highest BCUT2D eigenvalue weighted by Gasteiger charge is 2.20. The van der Waals surface area contributed by atoms with Gasteiger partial charge in [-0.05, 0) is 51.4 Å². The number of carbonyl (C=O) groups excluding carboxylic acids is 2. The Morgan fingerprint density at radius 2 is 0.618 bits per heavy atom. The van der Waals surface area contributed by atoms with E-state index in [9.17, 15) is 19.8 Å². The molecule has 0 aliphatic heterocycles. The molecule has 0 radical (unpaired) electrons. The molecule has 1 amide bonds. The molecule has 0 aromatic carbocycles. The molecule has 0 aromatic heterocycles. The normalized spacial score (nSPS) is 12.5. The summed E-state index contributed by atoms with van der Waals surface area (Å²) in [5, 5.41) is 23.3. The van der Waals surface area contributed by atoms with E-state index in [4.69, 9.17) is 4.74 Å². The van der Waals surface area contributed by atoms with Crippen molar-refractivity contribution in [2.75, 3.05) is 13.2 Å². The highest BCUT2D eigenvalue weighted by Crippen LogP contribution is 2.19. The molecule has 0 aliphatic rings. The molecule has 3 N–H and O–H groups in total. The van der Waals surface area contributed by atoms with Crippen LogP contribution in [0.25, 0.3) is 0 Å². The number of amides is 1. The van der Waals surface area contributed by atoms with E-state index in [2.05, 4.69) is 31.3 Å². The number of carbonyl (C=O) groups is 2. The van der Waals surface area contributed by atoms with Gasteiger partial charge in [0.2, 0.25) is 5.91 Å². The molecule has 0 aliphatic carbocycles. The highest BCUT2D eigenvalue weighted by atomic mass is 16.5. The Morgan fingerprint density at radius 1 is 0.355 bits per heavy atom. The van der Waals surface area contributed by atoms with Crippen LogP contribution in [-0.2, 0) is 14.3 Å². The molecule has 0 saturated heterocycles. The predicted molar refractivity (Wildman–Crippen MR) is 333 cm³/mol. The fourth-order valence-electron chi connectivity index (χ4n) is 11.2. The fourth-order valence-corrected chi connectivity index (χ4v) is 11.2. The number of hydrogen-bond donors (Lipinski definition) is 3. The number of aliphatic hydroxyl groups is 2. The molecule has 0 rings (SSSR count). The Kier molecular flexibility index (Phi) is 64.9. The third-order valence-corrected chi connectivity index (χ3v) is 16.6. The molecule has 452 valence electrons. The lowest BCUT2D eigenvalue weighted by Crippen LogP contribution is -2.45. The quantitative estimate of drug-likeness (QED) is 0.0320. The molecule has 6 nitrogen and oxygen atoms in total. The first-order valence-electron chi connectivity index (χ1n) is 34.9. The van der Waals surface area contributed by atoms with Gasteiger partial charge >= 0.3 is 5.97 Å². The molecule has 0 heterocycles. The van der Waals surface area contributed by atoms with Crippen molar-refractivity contribution in [2.45, 2.75) is 411 Å². The first kappa shape index (κ1) is 74.6. The number of allylic oxidation sites excluding steroid dienone is 2. The molecule has 2 atom stereocenters. The third-order valence-electron chi connectivity index (χ3n) is 16.6. The standard InChI is InChI=1S/C70H137NO5/c1-3-5-7-9-11-13-15-17-35-38-42-46-50-54-58-62-68(73)67(66-72)71-69(74)63-59-55-51-47-43-39-36-33-31-29-27-25-23-21-19-20-22-24-26-28-30-32-34-37-41-45-49-53-57-61-65-76-70(75)64-60-56-52-48-44-40-18-16-14-12-10-8-6-4-2/h16,18,67-68,72-73H,3-15,17,19-66H2,1-2H3,(H,71,74)/b18-16-. The lowest BCUT2D eigenvalue weighted by molar-refractivity contribution is -0.143. The van der Waals surface area contributed by atoms with E-state index in [-0.39, 0.29) is 18.5 Å². The Balaban J connectivity index is 3.32. The van der Waals surface area contributed by atoms with Gasteiger partial charge in [-0.2, -0.15) is 0 Å². The minimum Gasteiger partial charge on any atom is -0.466 e. The second-order valence-electron chi connectivity index (χ2n) is 24.2. The molecule has 0 aromatic rings. The van der Waals surface area contributed by atoms with Gasteiger partial charge < -0.3 is 20.3 Å². The number of unbranched alkanes of at least 4 members (excludes halogenated alkanes) is 53. The number of esters is 1. The van der Waals surface area contributed by atoms with Crippen molar-refractivity contribution in [3.63, 3.8) is 0 Å². The van der Waals surface area contributed by atoms with Crippen molar-refractivity contribution in [3.05, 3.63) is 12.2 Å². The average molecular weight is 1070 g/mol. The van der Waals surface area contributed by atoms with Crippen LogP contribution < -0.4 is 5.32 Å².